The minimum absolute atomic E-state index is 0.0817. The van der Waals surface area contributed by atoms with Crippen molar-refractivity contribution >= 4 is 15.9 Å². The molecule has 0 aliphatic rings. The van der Waals surface area contributed by atoms with Crippen LogP contribution in [0.2, 0.25) is 0 Å². The molecule has 1 atom stereocenters. The first-order chi connectivity index (χ1) is 9.97. The van der Waals surface area contributed by atoms with Crippen LogP contribution in [-0.2, 0) is 0 Å². The van der Waals surface area contributed by atoms with Crippen LogP contribution in [0.1, 0.15) is 17.2 Å². The van der Waals surface area contributed by atoms with Crippen LogP contribution in [0, 0.1) is 11.6 Å². The second kappa shape index (κ2) is 6.41. The summed E-state index contributed by atoms with van der Waals surface area (Å²) >= 11 is 3.05. The molecule has 6 heteroatoms. The zero-order valence-electron chi connectivity index (χ0n) is 11.4. The van der Waals surface area contributed by atoms with Crippen molar-refractivity contribution in [3.63, 3.8) is 0 Å². The van der Waals surface area contributed by atoms with E-state index in [4.69, 9.17) is 9.47 Å². The number of hydrogen-bond donors (Lipinski definition) is 1. The Morgan fingerprint density at radius 1 is 1.00 bits per heavy atom. The molecule has 21 heavy (non-hydrogen) atoms. The van der Waals surface area contributed by atoms with E-state index >= 15 is 0 Å². The molecule has 0 saturated carbocycles. The molecule has 0 heterocycles. The third-order valence-electron chi connectivity index (χ3n) is 3.06. The molecule has 0 aromatic heterocycles. The average Bonchev–Trinajstić information content (AvgIpc) is 2.48. The van der Waals surface area contributed by atoms with Crippen molar-refractivity contribution in [3.05, 3.63) is 57.6 Å². The van der Waals surface area contributed by atoms with Crippen LogP contribution in [0.5, 0.6) is 11.5 Å². The van der Waals surface area contributed by atoms with E-state index in [2.05, 4.69) is 15.9 Å². The quantitative estimate of drug-likeness (QED) is 0.902. The van der Waals surface area contributed by atoms with E-state index in [0.717, 1.165) is 6.07 Å². The minimum atomic E-state index is -1.16. The van der Waals surface area contributed by atoms with Gasteiger partial charge in [0.25, 0.3) is 0 Å². The lowest BCUT2D eigenvalue weighted by Gasteiger charge is -2.16. The van der Waals surface area contributed by atoms with Crippen molar-refractivity contribution in [2.24, 2.45) is 0 Å². The summed E-state index contributed by atoms with van der Waals surface area (Å²) in [4.78, 5) is 0. The van der Waals surface area contributed by atoms with Crippen LogP contribution in [0.15, 0.2) is 34.8 Å². The lowest BCUT2D eigenvalue weighted by molar-refractivity contribution is 0.213. The number of benzene rings is 2. The van der Waals surface area contributed by atoms with Crippen LogP contribution in [0.25, 0.3) is 0 Å². The number of ether oxygens (including phenoxy) is 2. The Hall–Kier alpha value is -1.66. The van der Waals surface area contributed by atoms with Crippen LogP contribution >= 0.6 is 15.9 Å². The second-order valence-corrected chi connectivity index (χ2v) is 5.16. The maximum Gasteiger partial charge on any atom is 0.165 e. The molecular weight excluding hydrogens is 346 g/mol. The Morgan fingerprint density at radius 2 is 1.67 bits per heavy atom. The number of halogens is 3. The van der Waals surface area contributed by atoms with Crippen molar-refractivity contribution in [3.8, 4) is 11.5 Å². The number of aliphatic hydroxyl groups is 1. The van der Waals surface area contributed by atoms with Gasteiger partial charge in [0.15, 0.2) is 11.6 Å². The van der Waals surface area contributed by atoms with Crippen molar-refractivity contribution in [1.29, 1.82) is 0 Å². The molecule has 2 aromatic carbocycles. The Morgan fingerprint density at radius 3 is 2.24 bits per heavy atom. The largest absolute Gasteiger partial charge is 0.496 e. The Bertz CT molecular complexity index is 662. The van der Waals surface area contributed by atoms with Gasteiger partial charge < -0.3 is 14.6 Å². The molecule has 0 radical (unpaired) electrons. The zero-order chi connectivity index (χ0) is 15.6. The van der Waals surface area contributed by atoms with Gasteiger partial charge >= 0.3 is 0 Å². The van der Waals surface area contributed by atoms with Gasteiger partial charge in [-0.2, -0.15) is 0 Å². The molecule has 1 unspecified atom stereocenters. The first kappa shape index (κ1) is 15.7. The monoisotopic (exact) mass is 358 g/mol. The first-order valence-corrected chi connectivity index (χ1v) is 6.81. The summed E-state index contributed by atoms with van der Waals surface area (Å²) in [6, 6.07) is 6.67. The molecular formula is C15H13BrF2O3. The van der Waals surface area contributed by atoms with Crippen LogP contribution in [-0.4, -0.2) is 19.3 Å². The van der Waals surface area contributed by atoms with Gasteiger partial charge in [-0.15, -0.1) is 0 Å². The predicted octanol–water partition coefficient (Wildman–Crippen LogP) is 3.83. The topological polar surface area (TPSA) is 38.7 Å². The molecule has 1 N–H and O–H groups in total. The number of aliphatic hydroxyl groups excluding tert-OH is 1. The zero-order valence-corrected chi connectivity index (χ0v) is 12.9. The maximum absolute atomic E-state index is 13.7. The van der Waals surface area contributed by atoms with Crippen LogP contribution in [0.4, 0.5) is 8.78 Å². The lowest BCUT2D eigenvalue weighted by atomic mass is 10.00. The van der Waals surface area contributed by atoms with E-state index in [-0.39, 0.29) is 16.0 Å². The highest BCUT2D eigenvalue weighted by Gasteiger charge is 2.19. The summed E-state index contributed by atoms with van der Waals surface area (Å²) in [5, 5.41) is 10.4. The van der Waals surface area contributed by atoms with Gasteiger partial charge in [0.05, 0.1) is 18.7 Å². The Labute approximate surface area is 129 Å². The SMILES string of the molecule is COc1ccc(C(O)c2cc(Br)c(F)cc2OC)cc1F. The minimum Gasteiger partial charge on any atom is -0.496 e. The summed E-state index contributed by atoms with van der Waals surface area (Å²) in [7, 11) is 2.72. The molecule has 0 aliphatic carbocycles. The fourth-order valence-electron chi connectivity index (χ4n) is 1.97. The fraction of sp³-hybridized carbons (Fsp3) is 0.200. The summed E-state index contributed by atoms with van der Waals surface area (Å²) in [6.45, 7) is 0. The fourth-order valence-corrected chi connectivity index (χ4v) is 2.33. The summed E-state index contributed by atoms with van der Waals surface area (Å²) in [6.07, 6.45) is -1.16. The molecule has 0 aliphatic heterocycles. The number of rotatable bonds is 4. The van der Waals surface area contributed by atoms with Gasteiger partial charge in [-0.05, 0) is 39.7 Å². The summed E-state index contributed by atoms with van der Waals surface area (Å²) < 4.78 is 37.3. The Kier molecular flexibility index (Phi) is 4.80. The standard InChI is InChI=1S/C15H13BrF2O3/c1-20-13-4-3-8(5-12(13)18)15(19)9-6-10(16)11(17)7-14(9)21-2/h3-7,15,19H,1-2H3. The molecule has 112 valence electrons. The van der Waals surface area contributed by atoms with Gasteiger partial charge in [0, 0.05) is 11.6 Å². The number of hydrogen-bond acceptors (Lipinski definition) is 3. The molecule has 2 rings (SSSR count). The smallest absolute Gasteiger partial charge is 0.165 e. The molecule has 0 saturated heterocycles. The van der Waals surface area contributed by atoms with Gasteiger partial charge in [-0.25, -0.2) is 8.78 Å². The van der Waals surface area contributed by atoms with Crippen molar-refractivity contribution in [2.75, 3.05) is 14.2 Å². The third-order valence-corrected chi connectivity index (χ3v) is 3.67. The van der Waals surface area contributed by atoms with E-state index in [0.29, 0.717) is 11.1 Å². The predicted molar refractivity (Wildman–Crippen MR) is 77.7 cm³/mol. The Balaban J connectivity index is 2.46. The van der Waals surface area contributed by atoms with Crippen molar-refractivity contribution < 1.29 is 23.4 Å². The normalized spacial score (nSPS) is 12.1. The number of methoxy groups -OCH3 is 2. The highest BCUT2D eigenvalue weighted by atomic mass is 79.9. The molecule has 0 bridgehead atoms. The molecule has 0 spiro atoms. The van der Waals surface area contributed by atoms with Gasteiger partial charge in [0.2, 0.25) is 0 Å². The van der Waals surface area contributed by atoms with E-state index in [1.54, 1.807) is 0 Å². The molecule has 2 aromatic rings. The van der Waals surface area contributed by atoms with E-state index in [9.17, 15) is 13.9 Å². The second-order valence-electron chi connectivity index (χ2n) is 4.30. The van der Waals surface area contributed by atoms with Crippen LogP contribution < -0.4 is 9.47 Å². The maximum atomic E-state index is 13.7. The van der Waals surface area contributed by atoms with E-state index in [1.165, 1.54) is 38.5 Å². The lowest BCUT2D eigenvalue weighted by Crippen LogP contribution is -2.04. The van der Waals surface area contributed by atoms with E-state index in [1.807, 2.05) is 0 Å². The molecule has 3 nitrogen and oxygen atoms in total. The first-order valence-electron chi connectivity index (χ1n) is 6.02. The molecule has 0 fully saturated rings. The van der Waals surface area contributed by atoms with Gasteiger partial charge in [0.1, 0.15) is 17.7 Å². The summed E-state index contributed by atoms with van der Waals surface area (Å²) in [5.74, 6) is -0.837. The van der Waals surface area contributed by atoms with Gasteiger partial charge in [-0.1, -0.05) is 6.07 Å². The summed E-state index contributed by atoms with van der Waals surface area (Å²) in [5.41, 5.74) is 0.639. The van der Waals surface area contributed by atoms with Gasteiger partial charge in [-0.3, -0.25) is 0 Å². The average molecular weight is 359 g/mol. The highest BCUT2D eigenvalue weighted by molar-refractivity contribution is 9.10. The third kappa shape index (κ3) is 3.16. The van der Waals surface area contributed by atoms with Crippen molar-refractivity contribution in [2.45, 2.75) is 6.10 Å². The van der Waals surface area contributed by atoms with Crippen LogP contribution in [0.3, 0.4) is 0 Å². The van der Waals surface area contributed by atoms with E-state index < -0.39 is 17.7 Å². The highest BCUT2D eigenvalue weighted by Crippen LogP contribution is 2.35. The van der Waals surface area contributed by atoms with Crippen molar-refractivity contribution in [1.82, 2.24) is 0 Å². The molecule has 0 amide bonds.